The zero-order valence-corrected chi connectivity index (χ0v) is 17.0. The minimum atomic E-state index is -3.18. The van der Waals surface area contributed by atoms with Gasteiger partial charge in [0.25, 0.3) is 0 Å². The van der Waals surface area contributed by atoms with Crippen LogP contribution in [0.3, 0.4) is 0 Å². The first-order chi connectivity index (χ1) is 12.4. The van der Waals surface area contributed by atoms with Gasteiger partial charge in [0.2, 0.25) is 0 Å². The molecule has 2 N–H and O–H groups in total. The summed E-state index contributed by atoms with van der Waals surface area (Å²) in [4.78, 5) is 5.84. The Morgan fingerprint density at radius 2 is 1.85 bits per heavy atom. The summed E-state index contributed by atoms with van der Waals surface area (Å²) in [6.07, 6.45) is 1.23. The maximum Gasteiger partial charge on any atom is 0.191 e. The smallest absolute Gasteiger partial charge is 0.191 e. The topological polar surface area (TPSA) is 70.6 Å². The van der Waals surface area contributed by atoms with Crippen molar-refractivity contribution < 1.29 is 8.42 Å². The first-order valence-corrected chi connectivity index (χ1v) is 11.2. The average Bonchev–Trinajstić information content (AvgIpc) is 2.61. The zero-order chi connectivity index (χ0) is 19.0. The van der Waals surface area contributed by atoms with E-state index in [2.05, 4.69) is 27.8 Å². The summed E-state index contributed by atoms with van der Waals surface area (Å²) in [6.45, 7) is 3.19. The van der Waals surface area contributed by atoms with Crippen molar-refractivity contribution in [1.82, 2.24) is 10.6 Å². The Morgan fingerprint density at radius 1 is 1.12 bits per heavy atom. The first-order valence-electron chi connectivity index (χ1n) is 8.32. The van der Waals surface area contributed by atoms with E-state index < -0.39 is 9.84 Å². The SMILES string of the molecule is CN=C(NCCSc1ccccc1)NCc1ccc(S(C)(=O)=O)c(C)c1. The number of nitrogens with zero attached hydrogens (tertiary/aromatic N) is 1. The number of benzene rings is 2. The Kier molecular flexibility index (Phi) is 7.53. The van der Waals surface area contributed by atoms with Gasteiger partial charge in [-0.05, 0) is 36.2 Å². The molecule has 0 aliphatic carbocycles. The average molecular weight is 392 g/mol. The Labute approximate surface area is 160 Å². The molecule has 0 saturated carbocycles. The van der Waals surface area contributed by atoms with Crippen LogP contribution in [0.4, 0.5) is 0 Å². The molecule has 2 aromatic rings. The van der Waals surface area contributed by atoms with Crippen LogP contribution in [0.2, 0.25) is 0 Å². The summed E-state index contributed by atoms with van der Waals surface area (Å²) in [5.41, 5.74) is 1.77. The monoisotopic (exact) mass is 391 g/mol. The fraction of sp³-hybridized carbons (Fsp3) is 0.316. The maximum absolute atomic E-state index is 11.7. The number of rotatable bonds is 7. The van der Waals surface area contributed by atoms with Crippen LogP contribution in [0.5, 0.6) is 0 Å². The minimum Gasteiger partial charge on any atom is -0.356 e. The largest absolute Gasteiger partial charge is 0.356 e. The summed E-state index contributed by atoms with van der Waals surface area (Å²) in [7, 11) is -1.45. The van der Waals surface area contributed by atoms with E-state index in [4.69, 9.17) is 0 Å². The van der Waals surface area contributed by atoms with Crippen molar-refractivity contribution >= 4 is 27.6 Å². The number of sulfone groups is 1. The van der Waals surface area contributed by atoms with Gasteiger partial charge in [0.15, 0.2) is 15.8 Å². The number of hydrogen-bond acceptors (Lipinski definition) is 4. The van der Waals surface area contributed by atoms with Crippen LogP contribution >= 0.6 is 11.8 Å². The molecule has 0 atom stereocenters. The fourth-order valence-corrected chi connectivity index (χ4v) is 4.25. The quantitative estimate of drug-likeness (QED) is 0.329. The lowest BCUT2D eigenvalue weighted by Gasteiger charge is -2.13. The van der Waals surface area contributed by atoms with E-state index in [0.29, 0.717) is 11.4 Å². The van der Waals surface area contributed by atoms with E-state index in [1.165, 1.54) is 11.2 Å². The number of guanidine groups is 1. The summed E-state index contributed by atoms with van der Waals surface area (Å²) in [5, 5.41) is 6.53. The third-order valence-electron chi connectivity index (χ3n) is 3.73. The molecule has 0 saturated heterocycles. The van der Waals surface area contributed by atoms with E-state index in [1.54, 1.807) is 24.9 Å². The van der Waals surface area contributed by atoms with Crippen molar-refractivity contribution in [1.29, 1.82) is 0 Å². The van der Waals surface area contributed by atoms with Gasteiger partial charge in [0.1, 0.15) is 0 Å². The molecule has 0 fully saturated rings. The third kappa shape index (κ3) is 6.38. The van der Waals surface area contributed by atoms with Crippen LogP contribution < -0.4 is 10.6 Å². The summed E-state index contributed by atoms with van der Waals surface area (Å²) in [6, 6.07) is 15.7. The summed E-state index contributed by atoms with van der Waals surface area (Å²) >= 11 is 1.79. The van der Waals surface area contributed by atoms with Crippen molar-refractivity contribution in [2.45, 2.75) is 23.3 Å². The summed E-state index contributed by atoms with van der Waals surface area (Å²) in [5.74, 6) is 1.66. The summed E-state index contributed by atoms with van der Waals surface area (Å²) < 4.78 is 23.4. The molecule has 5 nitrogen and oxygen atoms in total. The normalized spacial score (nSPS) is 12.0. The fourth-order valence-electron chi connectivity index (χ4n) is 2.50. The molecule has 0 unspecified atom stereocenters. The van der Waals surface area contributed by atoms with Crippen molar-refractivity contribution in [3.63, 3.8) is 0 Å². The van der Waals surface area contributed by atoms with Crippen LogP contribution in [0.25, 0.3) is 0 Å². The Hall–Kier alpha value is -1.99. The molecule has 2 aromatic carbocycles. The van der Waals surface area contributed by atoms with Crippen LogP contribution in [0.15, 0.2) is 63.3 Å². The number of aryl methyl sites for hydroxylation is 1. The molecule has 140 valence electrons. The predicted molar refractivity (Wildman–Crippen MR) is 110 cm³/mol. The van der Waals surface area contributed by atoms with Gasteiger partial charge in [-0.3, -0.25) is 4.99 Å². The second-order valence-corrected chi connectivity index (χ2v) is 9.04. The number of hydrogen-bond donors (Lipinski definition) is 2. The zero-order valence-electron chi connectivity index (χ0n) is 15.3. The highest BCUT2D eigenvalue weighted by atomic mass is 32.2. The van der Waals surface area contributed by atoms with Crippen molar-refractivity contribution in [2.24, 2.45) is 4.99 Å². The van der Waals surface area contributed by atoms with E-state index >= 15 is 0 Å². The molecule has 7 heteroatoms. The standard InChI is InChI=1S/C19H25N3O2S2/c1-15-13-16(9-10-18(15)26(3,23)24)14-22-19(20-2)21-11-12-25-17-7-5-4-6-8-17/h4-10,13H,11-12,14H2,1-3H3,(H2,20,21,22). The molecule has 26 heavy (non-hydrogen) atoms. The molecule has 0 aliphatic rings. The molecular formula is C19H25N3O2S2. The number of aliphatic imine (C=N–C) groups is 1. The Morgan fingerprint density at radius 3 is 2.46 bits per heavy atom. The lowest BCUT2D eigenvalue weighted by Crippen LogP contribution is -2.37. The second-order valence-electron chi connectivity index (χ2n) is 5.89. The van der Waals surface area contributed by atoms with Crippen molar-refractivity contribution in [3.05, 3.63) is 59.7 Å². The highest BCUT2D eigenvalue weighted by molar-refractivity contribution is 7.99. The molecule has 0 radical (unpaired) electrons. The molecule has 0 bridgehead atoms. The van der Waals surface area contributed by atoms with Gasteiger partial charge >= 0.3 is 0 Å². The number of nitrogens with one attached hydrogen (secondary N) is 2. The van der Waals surface area contributed by atoms with Gasteiger partial charge in [-0.1, -0.05) is 30.3 Å². The van der Waals surface area contributed by atoms with E-state index in [0.717, 1.165) is 29.4 Å². The van der Waals surface area contributed by atoms with Gasteiger partial charge in [-0.2, -0.15) is 0 Å². The van der Waals surface area contributed by atoms with E-state index in [9.17, 15) is 8.42 Å². The highest BCUT2D eigenvalue weighted by Crippen LogP contribution is 2.17. The molecule has 0 aromatic heterocycles. The molecule has 0 aliphatic heterocycles. The number of thioether (sulfide) groups is 1. The Bertz CT molecular complexity index is 850. The first kappa shape index (κ1) is 20.3. The van der Waals surface area contributed by atoms with E-state index in [-0.39, 0.29) is 0 Å². The van der Waals surface area contributed by atoms with Gasteiger partial charge in [-0.15, -0.1) is 11.8 Å². The Balaban J connectivity index is 1.80. The molecule has 2 rings (SSSR count). The van der Waals surface area contributed by atoms with Gasteiger partial charge in [0, 0.05) is 37.0 Å². The van der Waals surface area contributed by atoms with E-state index in [1.807, 2.05) is 37.3 Å². The molecule has 0 spiro atoms. The van der Waals surface area contributed by atoms with Crippen LogP contribution in [-0.2, 0) is 16.4 Å². The second kappa shape index (κ2) is 9.64. The molecule has 0 amide bonds. The van der Waals surface area contributed by atoms with Crippen molar-refractivity contribution in [3.8, 4) is 0 Å². The van der Waals surface area contributed by atoms with Crippen LogP contribution in [0, 0.1) is 6.92 Å². The lowest BCUT2D eigenvalue weighted by molar-refractivity contribution is 0.601. The highest BCUT2D eigenvalue weighted by Gasteiger charge is 2.10. The van der Waals surface area contributed by atoms with Crippen LogP contribution in [0.1, 0.15) is 11.1 Å². The van der Waals surface area contributed by atoms with Crippen molar-refractivity contribution in [2.75, 3.05) is 25.6 Å². The predicted octanol–water partition coefficient (Wildman–Crippen LogP) is 2.86. The minimum absolute atomic E-state index is 0.377. The van der Waals surface area contributed by atoms with Crippen LogP contribution in [-0.4, -0.2) is 40.0 Å². The lowest BCUT2D eigenvalue weighted by atomic mass is 10.1. The molecule has 0 heterocycles. The van der Waals surface area contributed by atoms with Gasteiger partial charge in [0.05, 0.1) is 4.90 Å². The van der Waals surface area contributed by atoms with Gasteiger partial charge < -0.3 is 10.6 Å². The molecular weight excluding hydrogens is 366 g/mol. The third-order valence-corrected chi connectivity index (χ3v) is 6.00. The van der Waals surface area contributed by atoms with Gasteiger partial charge in [-0.25, -0.2) is 8.42 Å². The maximum atomic E-state index is 11.7.